The molecule has 0 atom stereocenters. The highest BCUT2D eigenvalue weighted by Gasteiger charge is 2.41. The monoisotopic (exact) mass is 338 g/mol. The maximum atomic E-state index is 5.44. The van der Waals surface area contributed by atoms with Crippen molar-refractivity contribution in [3.05, 3.63) is 27.3 Å². The molecule has 0 bridgehead atoms. The second-order valence-corrected chi connectivity index (χ2v) is 7.25. The number of hydrogen-bond donors (Lipinski definition) is 0. The molecule has 0 aliphatic carbocycles. The molecule has 0 aliphatic rings. The largest absolute Gasteiger partial charge is 0.536 e. The summed E-state index contributed by atoms with van der Waals surface area (Å²) in [5, 5.41) is 1.02. The SMILES string of the molecule is CO[Si](OC)(OC)c1ccc(I)cc1C. The predicted octanol–water partition coefficient (Wildman–Crippen LogP) is 1.68. The van der Waals surface area contributed by atoms with Crippen molar-refractivity contribution in [1.29, 1.82) is 0 Å². The van der Waals surface area contributed by atoms with Gasteiger partial charge in [0.05, 0.1) is 0 Å². The van der Waals surface area contributed by atoms with Gasteiger partial charge in [-0.2, -0.15) is 0 Å². The molecular weight excluding hydrogens is 323 g/mol. The lowest BCUT2D eigenvalue weighted by molar-refractivity contribution is 0.140. The fourth-order valence-electron chi connectivity index (χ4n) is 1.55. The van der Waals surface area contributed by atoms with Gasteiger partial charge in [-0.05, 0) is 47.2 Å². The van der Waals surface area contributed by atoms with E-state index in [2.05, 4.69) is 28.7 Å². The van der Waals surface area contributed by atoms with Crippen molar-refractivity contribution in [2.75, 3.05) is 21.3 Å². The van der Waals surface area contributed by atoms with Gasteiger partial charge in [0, 0.05) is 30.1 Å². The summed E-state index contributed by atoms with van der Waals surface area (Å²) in [5.74, 6) is 0. The van der Waals surface area contributed by atoms with Crippen LogP contribution in [0.5, 0.6) is 0 Å². The molecule has 5 heteroatoms. The number of aryl methyl sites for hydroxylation is 1. The summed E-state index contributed by atoms with van der Waals surface area (Å²) in [7, 11) is 2.20. The summed E-state index contributed by atoms with van der Waals surface area (Å²) in [5.41, 5.74) is 1.14. The van der Waals surface area contributed by atoms with E-state index < -0.39 is 8.80 Å². The average Bonchev–Trinajstić information content (AvgIpc) is 2.23. The molecule has 3 nitrogen and oxygen atoms in total. The lowest BCUT2D eigenvalue weighted by Crippen LogP contribution is -2.55. The Bertz CT molecular complexity index is 331. The molecule has 84 valence electrons. The van der Waals surface area contributed by atoms with Gasteiger partial charge < -0.3 is 13.3 Å². The number of hydrogen-bond acceptors (Lipinski definition) is 3. The first-order valence-corrected chi connectivity index (χ1v) is 7.32. The molecule has 15 heavy (non-hydrogen) atoms. The molecule has 1 aromatic carbocycles. The third-order valence-corrected chi connectivity index (χ3v) is 5.83. The zero-order valence-electron chi connectivity index (χ0n) is 9.33. The van der Waals surface area contributed by atoms with Gasteiger partial charge in [0.15, 0.2) is 0 Å². The first kappa shape index (κ1) is 13.1. The van der Waals surface area contributed by atoms with Crippen LogP contribution >= 0.6 is 22.6 Å². The highest BCUT2D eigenvalue weighted by Crippen LogP contribution is 2.12. The molecule has 0 aromatic heterocycles. The summed E-state index contributed by atoms with van der Waals surface area (Å²) < 4.78 is 17.5. The van der Waals surface area contributed by atoms with Gasteiger partial charge in [-0.3, -0.25) is 0 Å². The molecule has 0 fully saturated rings. The minimum absolute atomic E-state index is 1.02. The fraction of sp³-hybridized carbons (Fsp3) is 0.400. The number of rotatable bonds is 4. The van der Waals surface area contributed by atoms with Gasteiger partial charge >= 0.3 is 8.80 Å². The topological polar surface area (TPSA) is 27.7 Å². The normalized spacial score (nSPS) is 11.8. The van der Waals surface area contributed by atoms with E-state index in [1.165, 1.54) is 3.57 Å². The second-order valence-electron chi connectivity index (χ2n) is 3.13. The highest BCUT2D eigenvalue weighted by atomic mass is 127. The summed E-state index contributed by atoms with van der Waals surface area (Å²) in [6, 6.07) is 6.14. The molecule has 0 unspecified atom stereocenters. The zero-order chi connectivity index (χ0) is 11.5. The Morgan fingerprint density at radius 1 is 1.07 bits per heavy atom. The zero-order valence-corrected chi connectivity index (χ0v) is 12.5. The standard InChI is InChI=1S/C10H15IO3Si/c1-8-7-9(11)5-6-10(8)15(12-2,13-3)14-4/h5-7H,1-4H3. The molecule has 0 radical (unpaired) electrons. The minimum Gasteiger partial charge on any atom is -0.373 e. The van der Waals surface area contributed by atoms with Gasteiger partial charge in [-0.15, -0.1) is 0 Å². The maximum absolute atomic E-state index is 5.44. The second kappa shape index (κ2) is 5.40. The molecule has 0 aliphatic heterocycles. The van der Waals surface area contributed by atoms with Crippen LogP contribution in [0.1, 0.15) is 5.56 Å². The van der Waals surface area contributed by atoms with E-state index in [0.717, 1.165) is 10.8 Å². The lowest BCUT2D eigenvalue weighted by Gasteiger charge is -2.26. The third-order valence-electron chi connectivity index (χ3n) is 2.32. The van der Waals surface area contributed by atoms with E-state index in [0.29, 0.717) is 0 Å². The van der Waals surface area contributed by atoms with Crippen LogP contribution in [0.3, 0.4) is 0 Å². The Balaban J connectivity index is 3.22. The van der Waals surface area contributed by atoms with Crippen molar-refractivity contribution >= 4 is 36.6 Å². The first-order chi connectivity index (χ1) is 7.09. The van der Waals surface area contributed by atoms with E-state index in [9.17, 15) is 0 Å². The highest BCUT2D eigenvalue weighted by molar-refractivity contribution is 14.1. The first-order valence-electron chi connectivity index (χ1n) is 4.51. The fourth-order valence-corrected chi connectivity index (χ4v) is 4.20. The molecule has 0 saturated heterocycles. The average molecular weight is 338 g/mol. The van der Waals surface area contributed by atoms with Crippen LogP contribution in [0, 0.1) is 10.5 Å². The summed E-state index contributed by atoms with van der Waals surface area (Å²) in [6.07, 6.45) is 0. The molecule has 0 amide bonds. The van der Waals surface area contributed by atoms with Crippen molar-refractivity contribution in [1.82, 2.24) is 0 Å². The Kier molecular flexibility index (Phi) is 4.72. The van der Waals surface area contributed by atoms with Crippen LogP contribution in [0.2, 0.25) is 0 Å². The molecule has 0 heterocycles. The maximum Gasteiger partial charge on any atom is 0.536 e. The van der Waals surface area contributed by atoms with Crippen LogP contribution in [0.15, 0.2) is 18.2 Å². The van der Waals surface area contributed by atoms with Crippen molar-refractivity contribution in [2.45, 2.75) is 6.92 Å². The molecule has 0 N–H and O–H groups in total. The van der Waals surface area contributed by atoms with E-state index >= 15 is 0 Å². The Hall–Kier alpha value is 0.0469. The van der Waals surface area contributed by atoms with Crippen LogP contribution in [-0.2, 0) is 13.3 Å². The van der Waals surface area contributed by atoms with Crippen LogP contribution in [-0.4, -0.2) is 30.1 Å². The Morgan fingerprint density at radius 3 is 2.00 bits per heavy atom. The van der Waals surface area contributed by atoms with Crippen LogP contribution in [0.4, 0.5) is 0 Å². The van der Waals surface area contributed by atoms with Gasteiger partial charge in [0.1, 0.15) is 0 Å². The van der Waals surface area contributed by atoms with Crippen LogP contribution in [0.25, 0.3) is 0 Å². The molecule has 1 aromatic rings. The predicted molar refractivity (Wildman–Crippen MR) is 70.3 cm³/mol. The summed E-state index contributed by atoms with van der Waals surface area (Å²) in [6.45, 7) is 2.04. The Labute approximate surface area is 105 Å². The smallest absolute Gasteiger partial charge is 0.373 e. The van der Waals surface area contributed by atoms with Crippen LogP contribution < -0.4 is 5.19 Å². The number of halogens is 1. The van der Waals surface area contributed by atoms with Crippen molar-refractivity contribution in [3.8, 4) is 0 Å². The van der Waals surface area contributed by atoms with E-state index in [1.54, 1.807) is 21.3 Å². The molecule has 0 saturated carbocycles. The third kappa shape index (κ3) is 2.59. The van der Waals surface area contributed by atoms with Gasteiger partial charge in [0.2, 0.25) is 0 Å². The lowest BCUT2D eigenvalue weighted by atomic mass is 10.2. The van der Waals surface area contributed by atoms with Gasteiger partial charge in [0.25, 0.3) is 0 Å². The van der Waals surface area contributed by atoms with E-state index in [4.69, 9.17) is 13.3 Å². The quantitative estimate of drug-likeness (QED) is 0.618. The van der Waals surface area contributed by atoms with Crippen molar-refractivity contribution in [3.63, 3.8) is 0 Å². The van der Waals surface area contributed by atoms with Crippen molar-refractivity contribution < 1.29 is 13.3 Å². The Morgan fingerprint density at radius 2 is 1.60 bits per heavy atom. The minimum atomic E-state index is -2.66. The number of benzene rings is 1. The molecular formula is C10H15IO3Si. The van der Waals surface area contributed by atoms with Crippen molar-refractivity contribution in [2.24, 2.45) is 0 Å². The van der Waals surface area contributed by atoms with E-state index in [-0.39, 0.29) is 0 Å². The summed E-state index contributed by atoms with van der Waals surface area (Å²) >= 11 is 2.28. The van der Waals surface area contributed by atoms with Gasteiger partial charge in [-0.25, -0.2) is 0 Å². The molecule has 0 spiro atoms. The van der Waals surface area contributed by atoms with E-state index in [1.807, 2.05) is 19.1 Å². The summed E-state index contributed by atoms with van der Waals surface area (Å²) in [4.78, 5) is 0. The van der Waals surface area contributed by atoms with Gasteiger partial charge in [-0.1, -0.05) is 6.07 Å². The molecule has 1 rings (SSSR count).